The van der Waals surface area contributed by atoms with Gasteiger partial charge < -0.3 is 5.73 Å². The maximum Gasteiger partial charge on any atom is 0.127 e. The summed E-state index contributed by atoms with van der Waals surface area (Å²) in [6.07, 6.45) is 0.988. The van der Waals surface area contributed by atoms with Crippen LogP contribution in [0, 0.1) is 11.2 Å². The number of hydrogen-bond donors (Lipinski definition) is 1. The van der Waals surface area contributed by atoms with Crippen molar-refractivity contribution in [2.45, 2.75) is 32.9 Å². The first-order chi connectivity index (χ1) is 7.99. The number of halogens is 1. The molecule has 1 aromatic carbocycles. The van der Waals surface area contributed by atoms with E-state index >= 15 is 0 Å². The summed E-state index contributed by atoms with van der Waals surface area (Å²) in [6.45, 7) is 6.95. The van der Waals surface area contributed by atoms with E-state index in [9.17, 15) is 4.39 Å². The predicted molar refractivity (Wildman–Crippen MR) is 68.1 cm³/mol. The van der Waals surface area contributed by atoms with Gasteiger partial charge in [-0.1, -0.05) is 32.0 Å². The molecule has 0 spiro atoms. The van der Waals surface area contributed by atoms with Gasteiger partial charge in [-0.05, 0) is 17.9 Å². The maximum absolute atomic E-state index is 13.6. The van der Waals surface area contributed by atoms with E-state index in [-0.39, 0.29) is 17.3 Å². The third-order valence-electron chi connectivity index (χ3n) is 3.74. The molecular formula is C14H21FN2. The van der Waals surface area contributed by atoms with E-state index in [1.807, 2.05) is 12.1 Å². The lowest BCUT2D eigenvalue weighted by Gasteiger charge is -2.42. The van der Waals surface area contributed by atoms with Gasteiger partial charge >= 0.3 is 0 Å². The number of hydrogen-bond acceptors (Lipinski definition) is 2. The molecule has 0 amide bonds. The molecule has 0 bridgehead atoms. The normalized spacial score (nSPS) is 24.8. The van der Waals surface area contributed by atoms with Crippen LogP contribution in [0.2, 0.25) is 0 Å². The van der Waals surface area contributed by atoms with Crippen molar-refractivity contribution in [3.63, 3.8) is 0 Å². The van der Waals surface area contributed by atoms with Crippen LogP contribution in [0.4, 0.5) is 4.39 Å². The van der Waals surface area contributed by atoms with Gasteiger partial charge in [0.05, 0.1) is 0 Å². The summed E-state index contributed by atoms with van der Waals surface area (Å²) in [5, 5.41) is 0. The fraction of sp³-hybridized carbons (Fsp3) is 0.571. The number of nitrogens with zero attached hydrogens (tertiary/aromatic N) is 1. The van der Waals surface area contributed by atoms with E-state index in [4.69, 9.17) is 5.73 Å². The number of rotatable bonds is 2. The highest BCUT2D eigenvalue weighted by molar-refractivity contribution is 5.17. The predicted octanol–water partition coefficient (Wildman–Crippen LogP) is 2.38. The van der Waals surface area contributed by atoms with Gasteiger partial charge in [-0.2, -0.15) is 0 Å². The van der Waals surface area contributed by atoms with Gasteiger partial charge in [-0.3, -0.25) is 4.90 Å². The number of nitrogens with two attached hydrogens (primary N) is 1. The van der Waals surface area contributed by atoms with Crippen LogP contribution in [0.25, 0.3) is 0 Å². The first-order valence-corrected chi connectivity index (χ1v) is 6.20. The second kappa shape index (κ2) is 4.75. The minimum absolute atomic E-state index is 0.111. The van der Waals surface area contributed by atoms with Crippen molar-refractivity contribution >= 4 is 0 Å². The molecule has 1 atom stereocenters. The molecule has 1 aromatic rings. The maximum atomic E-state index is 13.6. The first-order valence-electron chi connectivity index (χ1n) is 6.20. The van der Waals surface area contributed by atoms with Crippen LogP contribution in [-0.2, 0) is 6.54 Å². The van der Waals surface area contributed by atoms with E-state index in [0.29, 0.717) is 6.54 Å². The van der Waals surface area contributed by atoms with Crippen LogP contribution in [0.1, 0.15) is 25.8 Å². The molecule has 1 unspecified atom stereocenters. The van der Waals surface area contributed by atoms with Crippen LogP contribution in [0.3, 0.4) is 0 Å². The Balaban J connectivity index is 2.04. The average Bonchev–Trinajstić information content (AvgIpc) is 2.26. The Morgan fingerprint density at radius 1 is 1.41 bits per heavy atom. The van der Waals surface area contributed by atoms with Gasteiger partial charge in [0.25, 0.3) is 0 Å². The second-order valence-corrected chi connectivity index (χ2v) is 5.69. The molecule has 2 nitrogen and oxygen atoms in total. The summed E-state index contributed by atoms with van der Waals surface area (Å²) in [7, 11) is 0. The van der Waals surface area contributed by atoms with E-state index in [0.717, 1.165) is 25.1 Å². The Kier molecular flexibility index (Phi) is 3.50. The van der Waals surface area contributed by atoms with Crippen LogP contribution in [0.15, 0.2) is 24.3 Å². The van der Waals surface area contributed by atoms with Gasteiger partial charge in [-0.25, -0.2) is 4.39 Å². The topological polar surface area (TPSA) is 29.3 Å². The van der Waals surface area contributed by atoms with Crippen molar-refractivity contribution in [1.82, 2.24) is 4.90 Å². The fourth-order valence-corrected chi connectivity index (χ4v) is 2.49. The van der Waals surface area contributed by atoms with Crippen molar-refractivity contribution in [2.75, 3.05) is 13.1 Å². The molecule has 0 radical (unpaired) electrons. The largest absolute Gasteiger partial charge is 0.327 e. The highest BCUT2D eigenvalue weighted by Crippen LogP contribution is 2.28. The summed E-state index contributed by atoms with van der Waals surface area (Å²) < 4.78 is 13.6. The van der Waals surface area contributed by atoms with Crippen LogP contribution in [-0.4, -0.2) is 24.0 Å². The molecule has 1 fully saturated rings. The van der Waals surface area contributed by atoms with E-state index in [1.54, 1.807) is 6.07 Å². The fourth-order valence-electron chi connectivity index (χ4n) is 2.49. The summed E-state index contributed by atoms with van der Waals surface area (Å²) in [6, 6.07) is 7.25. The summed E-state index contributed by atoms with van der Waals surface area (Å²) in [5.74, 6) is -0.111. The van der Waals surface area contributed by atoms with Crippen LogP contribution < -0.4 is 5.73 Å². The Labute approximate surface area is 103 Å². The molecule has 3 heteroatoms. The summed E-state index contributed by atoms with van der Waals surface area (Å²) in [4.78, 5) is 2.29. The number of benzene rings is 1. The van der Waals surface area contributed by atoms with Crippen molar-refractivity contribution in [3.8, 4) is 0 Å². The summed E-state index contributed by atoms with van der Waals surface area (Å²) in [5.41, 5.74) is 6.99. The lowest BCUT2D eigenvalue weighted by Crippen LogP contribution is -2.52. The lowest BCUT2D eigenvalue weighted by molar-refractivity contribution is 0.0890. The average molecular weight is 236 g/mol. The second-order valence-electron chi connectivity index (χ2n) is 5.69. The molecule has 1 aliphatic rings. The first kappa shape index (κ1) is 12.5. The van der Waals surface area contributed by atoms with E-state index < -0.39 is 0 Å². The van der Waals surface area contributed by atoms with Crippen molar-refractivity contribution in [1.29, 1.82) is 0 Å². The third kappa shape index (κ3) is 2.85. The van der Waals surface area contributed by atoms with Crippen molar-refractivity contribution in [2.24, 2.45) is 11.1 Å². The zero-order chi connectivity index (χ0) is 12.5. The van der Waals surface area contributed by atoms with Gasteiger partial charge in [0.15, 0.2) is 0 Å². The Bertz CT molecular complexity index is 390. The molecular weight excluding hydrogens is 215 g/mol. The monoisotopic (exact) mass is 236 g/mol. The Hall–Kier alpha value is -0.930. The molecule has 0 aliphatic carbocycles. The van der Waals surface area contributed by atoms with Gasteiger partial charge in [0.2, 0.25) is 0 Å². The molecule has 1 saturated heterocycles. The van der Waals surface area contributed by atoms with Crippen molar-refractivity contribution < 1.29 is 4.39 Å². The SMILES string of the molecule is CC1(C)CN(Cc2ccccc2F)CCC1N. The molecule has 1 heterocycles. The lowest BCUT2D eigenvalue weighted by atomic mass is 9.79. The molecule has 2 rings (SSSR count). The van der Waals surface area contributed by atoms with Gasteiger partial charge in [0, 0.05) is 31.2 Å². The molecule has 17 heavy (non-hydrogen) atoms. The molecule has 0 saturated carbocycles. The third-order valence-corrected chi connectivity index (χ3v) is 3.74. The summed E-state index contributed by atoms with van der Waals surface area (Å²) >= 11 is 0. The number of piperidine rings is 1. The minimum atomic E-state index is -0.111. The van der Waals surface area contributed by atoms with Crippen molar-refractivity contribution in [3.05, 3.63) is 35.6 Å². The number of likely N-dealkylation sites (tertiary alicyclic amines) is 1. The van der Waals surface area contributed by atoms with Crippen LogP contribution >= 0.6 is 0 Å². The van der Waals surface area contributed by atoms with E-state index in [1.165, 1.54) is 6.07 Å². The molecule has 2 N–H and O–H groups in total. The quantitative estimate of drug-likeness (QED) is 0.854. The zero-order valence-corrected chi connectivity index (χ0v) is 10.6. The zero-order valence-electron chi connectivity index (χ0n) is 10.6. The molecule has 0 aromatic heterocycles. The Morgan fingerprint density at radius 2 is 2.12 bits per heavy atom. The van der Waals surface area contributed by atoms with E-state index in [2.05, 4.69) is 18.7 Å². The van der Waals surface area contributed by atoms with Crippen LogP contribution in [0.5, 0.6) is 0 Å². The Morgan fingerprint density at radius 3 is 2.76 bits per heavy atom. The minimum Gasteiger partial charge on any atom is -0.327 e. The molecule has 94 valence electrons. The van der Waals surface area contributed by atoms with Gasteiger partial charge in [-0.15, -0.1) is 0 Å². The highest BCUT2D eigenvalue weighted by Gasteiger charge is 2.33. The smallest absolute Gasteiger partial charge is 0.127 e. The molecule has 1 aliphatic heterocycles. The van der Waals surface area contributed by atoms with Gasteiger partial charge in [0.1, 0.15) is 5.82 Å². The standard InChI is InChI=1S/C14H21FN2/c1-14(2)10-17(8-7-13(14)16)9-11-5-3-4-6-12(11)15/h3-6,13H,7-10,16H2,1-2H3. The highest BCUT2D eigenvalue weighted by atomic mass is 19.1.